The average molecular weight is 396 g/mol. The van der Waals surface area contributed by atoms with Gasteiger partial charge in [-0.05, 0) is 50.1 Å². The summed E-state index contributed by atoms with van der Waals surface area (Å²) in [5, 5.41) is 0.921. The van der Waals surface area contributed by atoms with E-state index in [1.54, 1.807) is 23.9 Å². The molecule has 1 aliphatic carbocycles. The van der Waals surface area contributed by atoms with Crippen LogP contribution in [0.5, 0.6) is 0 Å². The van der Waals surface area contributed by atoms with Gasteiger partial charge >= 0.3 is 0 Å². The molecule has 0 heterocycles. The predicted octanol–water partition coefficient (Wildman–Crippen LogP) is 5.03. The van der Waals surface area contributed by atoms with Crippen LogP contribution in [0.1, 0.15) is 31.2 Å². The molecule has 0 radical (unpaired) electrons. The largest absolute Gasteiger partial charge is 0.240 e. The van der Waals surface area contributed by atoms with Gasteiger partial charge in [0.05, 0.1) is 4.90 Å². The molecular weight excluding hydrogens is 374 g/mol. The van der Waals surface area contributed by atoms with E-state index in [9.17, 15) is 8.42 Å². The van der Waals surface area contributed by atoms with Crippen LogP contribution in [0.4, 0.5) is 0 Å². The third kappa shape index (κ3) is 5.00. The number of rotatable bonds is 5. The number of halogens is 1. The van der Waals surface area contributed by atoms with Crippen molar-refractivity contribution in [3.05, 3.63) is 59.1 Å². The first-order valence-corrected chi connectivity index (χ1v) is 11.2. The lowest BCUT2D eigenvalue weighted by atomic mass is 9.96. The lowest BCUT2D eigenvalue weighted by Gasteiger charge is -2.31. The smallest absolute Gasteiger partial charge is 0.207 e. The van der Waals surface area contributed by atoms with Gasteiger partial charge in [-0.25, -0.2) is 13.1 Å². The molecule has 1 N–H and O–H groups in total. The summed E-state index contributed by atoms with van der Waals surface area (Å²) in [6, 6.07) is 14.7. The van der Waals surface area contributed by atoms with E-state index in [4.69, 9.17) is 11.6 Å². The van der Waals surface area contributed by atoms with Crippen molar-refractivity contribution in [3.63, 3.8) is 0 Å². The molecule has 3 nitrogen and oxygen atoms in total. The number of benzene rings is 2. The van der Waals surface area contributed by atoms with Crippen molar-refractivity contribution in [2.45, 2.75) is 53.7 Å². The first-order chi connectivity index (χ1) is 11.9. The first-order valence-electron chi connectivity index (χ1n) is 8.45. The quantitative estimate of drug-likeness (QED) is 0.772. The van der Waals surface area contributed by atoms with Crippen LogP contribution < -0.4 is 4.72 Å². The number of aryl methyl sites for hydroxylation is 1. The molecule has 3 rings (SSSR count). The zero-order valence-electron chi connectivity index (χ0n) is 14.1. The van der Waals surface area contributed by atoms with Crippen LogP contribution in [0.3, 0.4) is 0 Å². The molecule has 1 saturated carbocycles. The zero-order valence-corrected chi connectivity index (χ0v) is 16.5. The molecule has 0 unspecified atom stereocenters. The number of thioether (sulfide) groups is 1. The van der Waals surface area contributed by atoms with Crippen molar-refractivity contribution in [3.8, 4) is 0 Å². The molecule has 25 heavy (non-hydrogen) atoms. The Kier molecular flexibility index (Phi) is 6.10. The van der Waals surface area contributed by atoms with Gasteiger partial charge in [-0.15, -0.1) is 11.8 Å². The van der Waals surface area contributed by atoms with Gasteiger partial charge in [0, 0.05) is 21.2 Å². The Morgan fingerprint density at radius 3 is 2.52 bits per heavy atom. The predicted molar refractivity (Wildman–Crippen MR) is 105 cm³/mol. The van der Waals surface area contributed by atoms with Crippen LogP contribution in [-0.4, -0.2) is 19.7 Å². The Labute approximate surface area is 159 Å². The molecule has 1 fully saturated rings. The van der Waals surface area contributed by atoms with Crippen molar-refractivity contribution >= 4 is 33.4 Å². The summed E-state index contributed by atoms with van der Waals surface area (Å²) in [4.78, 5) is 1.41. The van der Waals surface area contributed by atoms with Crippen LogP contribution >= 0.6 is 23.4 Å². The highest BCUT2D eigenvalue weighted by atomic mass is 35.5. The maximum Gasteiger partial charge on any atom is 0.240 e. The summed E-state index contributed by atoms with van der Waals surface area (Å²) in [7, 11) is -3.50. The molecule has 0 saturated heterocycles. The summed E-state index contributed by atoms with van der Waals surface area (Å²) in [6.45, 7) is 1.95. The van der Waals surface area contributed by atoms with E-state index in [2.05, 4.69) is 4.72 Å². The Morgan fingerprint density at radius 1 is 1.08 bits per heavy atom. The van der Waals surface area contributed by atoms with Crippen molar-refractivity contribution in [1.29, 1.82) is 0 Å². The second-order valence-corrected chi connectivity index (χ2v) is 9.90. The minimum absolute atomic E-state index is 0.0657. The molecule has 0 bridgehead atoms. The van der Waals surface area contributed by atoms with Gasteiger partial charge in [0.1, 0.15) is 0 Å². The molecule has 6 heteroatoms. The summed E-state index contributed by atoms with van der Waals surface area (Å²) < 4.78 is 28.4. The van der Waals surface area contributed by atoms with Crippen LogP contribution in [0.25, 0.3) is 0 Å². The van der Waals surface area contributed by atoms with Crippen molar-refractivity contribution in [2.75, 3.05) is 0 Å². The third-order valence-corrected chi connectivity index (χ3v) is 7.56. The standard InChI is InChI=1S/C19H22ClNO2S2/c1-14-9-11-17(12-10-14)25(22,23)21-18-7-2-3-8-19(18)24-16-6-4-5-15(20)13-16/h4-6,9-13,18-19,21H,2-3,7-8H2,1H3/t18-,19-/m1/s1. The summed E-state index contributed by atoms with van der Waals surface area (Å²) in [5.74, 6) is 0. The van der Waals surface area contributed by atoms with Gasteiger partial charge < -0.3 is 0 Å². The number of nitrogens with one attached hydrogen (secondary N) is 1. The third-order valence-electron chi connectivity index (χ3n) is 4.42. The number of hydrogen-bond acceptors (Lipinski definition) is 3. The summed E-state index contributed by atoms with van der Waals surface area (Å²) >= 11 is 7.79. The second-order valence-electron chi connectivity index (χ2n) is 6.44. The SMILES string of the molecule is Cc1ccc(S(=O)(=O)N[C@@H]2CCCC[C@H]2Sc2cccc(Cl)c2)cc1. The fraction of sp³-hybridized carbons (Fsp3) is 0.368. The lowest BCUT2D eigenvalue weighted by Crippen LogP contribution is -2.43. The van der Waals surface area contributed by atoms with E-state index < -0.39 is 10.0 Å². The molecule has 2 aromatic carbocycles. The van der Waals surface area contributed by atoms with Gasteiger partial charge in [0.25, 0.3) is 0 Å². The minimum Gasteiger partial charge on any atom is -0.207 e. The van der Waals surface area contributed by atoms with Gasteiger partial charge in [-0.1, -0.05) is 48.2 Å². The lowest BCUT2D eigenvalue weighted by molar-refractivity contribution is 0.423. The van der Waals surface area contributed by atoms with E-state index in [0.717, 1.165) is 36.1 Å². The molecule has 134 valence electrons. The van der Waals surface area contributed by atoms with Crippen molar-refractivity contribution < 1.29 is 8.42 Å². The number of hydrogen-bond donors (Lipinski definition) is 1. The van der Waals surface area contributed by atoms with Gasteiger partial charge in [-0.3, -0.25) is 0 Å². The van der Waals surface area contributed by atoms with Crippen molar-refractivity contribution in [2.24, 2.45) is 0 Å². The van der Waals surface area contributed by atoms with E-state index in [-0.39, 0.29) is 11.3 Å². The highest BCUT2D eigenvalue weighted by molar-refractivity contribution is 8.00. The summed E-state index contributed by atoms with van der Waals surface area (Å²) in [5.41, 5.74) is 1.05. The Balaban J connectivity index is 1.75. The van der Waals surface area contributed by atoms with Gasteiger partial charge in [-0.2, -0.15) is 0 Å². The number of sulfonamides is 1. The molecule has 0 aliphatic heterocycles. The molecular formula is C19H22ClNO2S2. The highest BCUT2D eigenvalue weighted by Gasteiger charge is 2.30. The van der Waals surface area contributed by atoms with Crippen LogP contribution in [0.2, 0.25) is 5.02 Å². The minimum atomic E-state index is -3.50. The Hall–Kier alpha value is -1.01. The van der Waals surface area contributed by atoms with Crippen molar-refractivity contribution in [1.82, 2.24) is 4.72 Å². The maximum absolute atomic E-state index is 12.7. The van der Waals surface area contributed by atoms with E-state index in [1.165, 1.54) is 0 Å². The zero-order chi connectivity index (χ0) is 17.9. The van der Waals surface area contributed by atoms with Crippen LogP contribution in [-0.2, 0) is 10.0 Å². The van der Waals surface area contributed by atoms with Crippen LogP contribution in [0.15, 0.2) is 58.3 Å². The Morgan fingerprint density at radius 2 is 1.80 bits per heavy atom. The highest BCUT2D eigenvalue weighted by Crippen LogP contribution is 2.35. The monoisotopic (exact) mass is 395 g/mol. The second kappa shape index (κ2) is 8.12. The molecule has 0 amide bonds. The van der Waals surface area contributed by atoms with Gasteiger partial charge in [0.2, 0.25) is 10.0 Å². The van der Waals surface area contributed by atoms with E-state index >= 15 is 0 Å². The molecule has 0 aromatic heterocycles. The molecule has 2 aromatic rings. The maximum atomic E-state index is 12.7. The Bertz CT molecular complexity index is 822. The van der Waals surface area contributed by atoms with Gasteiger partial charge in [0.15, 0.2) is 0 Å². The first kappa shape index (κ1) is 18.8. The van der Waals surface area contributed by atoms with E-state index in [0.29, 0.717) is 9.92 Å². The molecule has 0 spiro atoms. The molecule has 1 aliphatic rings. The normalized spacial score (nSPS) is 21.2. The molecule has 2 atom stereocenters. The fourth-order valence-corrected chi connectivity index (χ4v) is 6.08. The average Bonchev–Trinajstić information content (AvgIpc) is 2.57. The van der Waals surface area contributed by atoms with E-state index in [1.807, 2.05) is 43.3 Å². The van der Waals surface area contributed by atoms with Crippen LogP contribution in [0, 0.1) is 6.92 Å². The topological polar surface area (TPSA) is 46.2 Å². The summed E-state index contributed by atoms with van der Waals surface area (Å²) in [6.07, 6.45) is 4.04. The fourth-order valence-electron chi connectivity index (χ4n) is 3.07.